The van der Waals surface area contributed by atoms with E-state index < -0.39 is 0 Å². The lowest BCUT2D eigenvalue weighted by molar-refractivity contribution is 0.265. The largest absolute Gasteiger partial charge is 0.487 e. The molecule has 0 N–H and O–H groups in total. The van der Waals surface area contributed by atoms with Crippen molar-refractivity contribution >= 4 is 11.8 Å². The monoisotopic (exact) mass is 411 g/mol. The highest BCUT2D eigenvalue weighted by atomic mass is 32.2. The second-order valence-electron chi connectivity index (χ2n) is 6.99. The van der Waals surface area contributed by atoms with Crippen molar-refractivity contribution in [3.63, 3.8) is 0 Å². The first-order chi connectivity index (χ1) is 14.2. The highest BCUT2D eigenvalue weighted by Gasteiger charge is 2.16. The van der Waals surface area contributed by atoms with Gasteiger partial charge in [-0.3, -0.25) is 4.90 Å². The Morgan fingerprint density at radius 2 is 2.03 bits per heavy atom. The van der Waals surface area contributed by atoms with Crippen molar-refractivity contribution in [3.05, 3.63) is 59.6 Å². The van der Waals surface area contributed by atoms with Crippen molar-refractivity contribution in [3.8, 4) is 22.8 Å². The molecule has 0 atom stereocenters. The summed E-state index contributed by atoms with van der Waals surface area (Å²) in [5.41, 5.74) is 3.99. The number of hydrogen-bond acceptors (Lipinski definition) is 7. The smallest absolute Gasteiger partial charge is 0.221 e. The van der Waals surface area contributed by atoms with Crippen LogP contribution in [-0.2, 0) is 13.2 Å². The van der Waals surface area contributed by atoms with E-state index in [1.54, 1.807) is 13.3 Å². The van der Waals surface area contributed by atoms with Crippen LogP contribution in [0.15, 0.2) is 47.1 Å². The molecule has 3 heterocycles. The lowest BCUT2D eigenvalue weighted by Crippen LogP contribution is -2.32. The summed E-state index contributed by atoms with van der Waals surface area (Å²) in [5.74, 6) is 4.62. The second-order valence-corrected chi connectivity index (χ2v) is 8.21. The third-order valence-corrected chi connectivity index (χ3v) is 5.83. The van der Waals surface area contributed by atoms with Crippen LogP contribution in [0.4, 0.5) is 0 Å². The van der Waals surface area contributed by atoms with Gasteiger partial charge in [-0.15, -0.1) is 0 Å². The minimum absolute atomic E-state index is 0.385. The number of methoxy groups -OCH3 is 1. The highest BCUT2D eigenvalue weighted by Crippen LogP contribution is 2.32. The summed E-state index contributed by atoms with van der Waals surface area (Å²) < 4.78 is 16.7. The van der Waals surface area contributed by atoms with Gasteiger partial charge >= 0.3 is 0 Å². The van der Waals surface area contributed by atoms with E-state index in [0.717, 1.165) is 53.5 Å². The maximum atomic E-state index is 6.12. The first kappa shape index (κ1) is 19.8. The molecule has 7 heteroatoms. The Hall–Kier alpha value is -2.51. The molecule has 4 rings (SSSR count). The van der Waals surface area contributed by atoms with Gasteiger partial charge in [-0.25, -0.2) is 4.98 Å². The Morgan fingerprint density at radius 3 is 2.79 bits per heavy atom. The van der Waals surface area contributed by atoms with Gasteiger partial charge in [0.05, 0.1) is 7.11 Å². The van der Waals surface area contributed by atoms with Gasteiger partial charge < -0.3 is 14.0 Å². The first-order valence-electron chi connectivity index (χ1n) is 9.70. The van der Waals surface area contributed by atoms with E-state index >= 15 is 0 Å². The molecule has 0 saturated carbocycles. The number of aromatic nitrogens is 2. The van der Waals surface area contributed by atoms with Crippen LogP contribution >= 0.6 is 11.8 Å². The zero-order valence-electron chi connectivity index (χ0n) is 16.8. The van der Waals surface area contributed by atoms with Crippen LogP contribution < -0.4 is 9.47 Å². The number of aryl methyl sites for hydroxylation is 1. The molecule has 0 amide bonds. The third-order valence-electron chi connectivity index (χ3n) is 4.89. The Balaban J connectivity index is 1.62. The molecule has 1 aliphatic heterocycles. The van der Waals surface area contributed by atoms with Crippen molar-refractivity contribution in [1.82, 2.24) is 15.0 Å². The van der Waals surface area contributed by atoms with Crippen LogP contribution in [0.1, 0.15) is 17.0 Å². The SMILES string of the molecule is COc1ncccc1-c1ccc(OCc2cc(C)on2)c(CN2CCSCC2)c1. The fourth-order valence-electron chi connectivity index (χ4n) is 3.42. The van der Waals surface area contributed by atoms with Crippen molar-refractivity contribution in [2.45, 2.75) is 20.1 Å². The quantitative estimate of drug-likeness (QED) is 0.578. The molecular formula is C22H25N3O3S. The Kier molecular flexibility index (Phi) is 6.36. The summed E-state index contributed by atoms with van der Waals surface area (Å²) in [4.78, 5) is 6.81. The molecule has 0 radical (unpaired) electrons. The molecule has 0 bridgehead atoms. The zero-order chi connectivity index (χ0) is 20.1. The normalized spacial score (nSPS) is 14.7. The van der Waals surface area contributed by atoms with Crippen LogP contribution in [0, 0.1) is 6.92 Å². The number of hydrogen-bond donors (Lipinski definition) is 0. The lowest BCUT2D eigenvalue weighted by atomic mass is 10.0. The molecule has 2 aromatic heterocycles. The fraction of sp³-hybridized carbons (Fsp3) is 0.364. The van der Waals surface area contributed by atoms with Crippen LogP contribution in [0.2, 0.25) is 0 Å². The van der Waals surface area contributed by atoms with Crippen molar-refractivity contribution < 1.29 is 14.0 Å². The maximum absolute atomic E-state index is 6.12. The van der Waals surface area contributed by atoms with Gasteiger partial charge in [0.1, 0.15) is 23.8 Å². The van der Waals surface area contributed by atoms with Gasteiger partial charge in [0.2, 0.25) is 5.88 Å². The Morgan fingerprint density at radius 1 is 1.17 bits per heavy atom. The summed E-state index contributed by atoms with van der Waals surface area (Å²) in [5, 5.41) is 4.03. The Labute approximate surface area is 175 Å². The topological polar surface area (TPSA) is 60.6 Å². The van der Waals surface area contributed by atoms with Gasteiger partial charge in [0.15, 0.2) is 0 Å². The van der Waals surface area contributed by atoms with E-state index in [-0.39, 0.29) is 0 Å². The van der Waals surface area contributed by atoms with Gasteiger partial charge in [0, 0.05) is 54.5 Å². The van der Waals surface area contributed by atoms with E-state index in [9.17, 15) is 0 Å². The number of nitrogens with zero attached hydrogens (tertiary/aromatic N) is 3. The van der Waals surface area contributed by atoms with E-state index in [1.165, 1.54) is 11.5 Å². The molecule has 1 fully saturated rings. The highest BCUT2D eigenvalue weighted by molar-refractivity contribution is 7.99. The van der Waals surface area contributed by atoms with Crippen molar-refractivity contribution in [2.24, 2.45) is 0 Å². The van der Waals surface area contributed by atoms with E-state index in [1.807, 2.05) is 43.0 Å². The van der Waals surface area contributed by atoms with E-state index in [4.69, 9.17) is 14.0 Å². The molecule has 29 heavy (non-hydrogen) atoms. The van der Waals surface area contributed by atoms with Crippen molar-refractivity contribution in [1.29, 1.82) is 0 Å². The minimum Gasteiger partial charge on any atom is -0.487 e. The number of rotatable bonds is 7. The molecule has 0 aliphatic carbocycles. The average molecular weight is 412 g/mol. The van der Waals surface area contributed by atoms with E-state index in [2.05, 4.69) is 27.2 Å². The number of benzene rings is 1. The van der Waals surface area contributed by atoms with Crippen LogP contribution in [0.25, 0.3) is 11.1 Å². The van der Waals surface area contributed by atoms with Crippen molar-refractivity contribution in [2.75, 3.05) is 31.7 Å². The van der Waals surface area contributed by atoms with Crippen LogP contribution in [0.3, 0.4) is 0 Å². The molecular weight excluding hydrogens is 386 g/mol. The minimum atomic E-state index is 0.385. The van der Waals surface area contributed by atoms with Crippen LogP contribution in [-0.4, -0.2) is 46.7 Å². The van der Waals surface area contributed by atoms with Gasteiger partial charge in [-0.1, -0.05) is 11.2 Å². The number of thioether (sulfide) groups is 1. The predicted molar refractivity (Wildman–Crippen MR) is 114 cm³/mol. The average Bonchev–Trinajstić information content (AvgIpc) is 3.18. The second kappa shape index (κ2) is 9.33. The lowest BCUT2D eigenvalue weighted by Gasteiger charge is -2.27. The summed E-state index contributed by atoms with van der Waals surface area (Å²) in [7, 11) is 1.65. The molecule has 0 spiro atoms. The van der Waals surface area contributed by atoms with Gasteiger partial charge in [-0.05, 0) is 36.8 Å². The zero-order valence-corrected chi connectivity index (χ0v) is 17.6. The molecule has 1 aromatic carbocycles. The molecule has 0 unspecified atom stereocenters. The standard InChI is InChI=1S/C22H25N3O3S/c1-16-12-19(24-28-16)15-27-21-6-5-17(20-4-3-7-23-22(20)26-2)13-18(21)14-25-8-10-29-11-9-25/h3-7,12-13H,8-11,14-15H2,1-2H3. The molecule has 1 saturated heterocycles. The Bertz CT molecular complexity index is 954. The fourth-order valence-corrected chi connectivity index (χ4v) is 4.40. The predicted octanol–water partition coefficient (Wildman–Crippen LogP) is 4.18. The first-order valence-corrected chi connectivity index (χ1v) is 10.9. The molecule has 1 aliphatic rings. The third kappa shape index (κ3) is 4.92. The summed E-state index contributed by atoms with van der Waals surface area (Å²) in [6.45, 7) is 5.30. The van der Waals surface area contributed by atoms with E-state index in [0.29, 0.717) is 12.5 Å². The maximum Gasteiger partial charge on any atom is 0.221 e. The van der Waals surface area contributed by atoms with Gasteiger partial charge in [-0.2, -0.15) is 11.8 Å². The number of pyridine rings is 1. The summed E-state index contributed by atoms with van der Waals surface area (Å²) >= 11 is 2.01. The number of ether oxygens (including phenoxy) is 2. The molecule has 6 nitrogen and oxygen atoms in total. The molecule has 152 valence electrons. The summed E-state index contributed by atoms with van der Waals surface area (Å²) in [6.07, 6.45) is 1.74. The van der Waals surface area contributed by atoms with Crippen LogP contribution in [0.5, 0.6) is 11.6 Å². The summed E-state index contributed by atoms with van der Waals surface area (Å²) in [6, 6.07) is 12.1. The van der Waals surface area contributed by atoms with Gasteiger partial charge in [0.25, 0.3) is 0 Å². The molecule has 3 aromatic rings.